The summed E-state index contributed by atoms with van der Waals surface area (Å²) in [5, 5.41) is 3.95. The van der Waals surface area contributed by atoms with Gasteiger partial charge in [0.25, 0.3) is 0 Å². The van der Waals surface area contributed by atoms with Crippen LogP contribution in [0.15, 0.2) is 48.5 Å². The quantitative estimate of drug-likeness (QED) is 0.874. The molecule has 0 spiro atoms. The number of hydrogen-bond acceptors (Lipinski definition) is 3. The lowest BCUT2D eigenvalue weighted by molar-refractivity contribution is 0.103. The zero-order chi connectivity index (χ0) is 15.4. The van der Waals surface area contributed by atoms with Gasteiger partial charge in [-0.15, -0.1) is 0 Å². The lowest BCUT2D eigenvalue weighted by Gasteiger charge is -2.23. The van der Waals surface area contributed by atoms with Gasteiger partial charge in [0, 0.05) is 22.7 Å². The van der Waals surface area contributed by atoms with E-state index in [4.69, 9.17) is 16.3 Å². The number of benzene rings is 2. The molecule has 22 heavy (non-hydrogen) atoms. The highest BCUT2D eigenvalue weighted by Gasteiger charge is 2.15. The Morgan fingerprint density at radius 3 is 2.27 bits per heavy atom. The van der Waals surface area contributed by atoms with Crippen LogP contribution in [0.4, 0.5) is 0 Å². The van der Waals surface area contributed by atoms with E-state index in [-0.39, 0.29) is 11.9 Å². The molecule has 0 amide bonds. The zero-order valence-electron chi connectivity index (χ0n) is 12.2. The summed E-state index contributed by atoms with van der Waals surface area (Å²) < 4.78 is 5.92. The molecule has 0 unspecified atom stereocenters. The van der Waals surface area contributed by atoms with Gasteiger partial charge in [0.1, 0.15) is 11.9 Å². The summed E-state index contributed by atoms with van der Waals surface area (Å²) in [7, 11) is 0. The van der Waals surface area contributed by atoms with Crippen molar-refractivity contribution >= 4 is 17.4 Å². The van der Waals surface area contributed by atoms with Gasteiger partial charge in [-0.3, -0.25) is 4.79 Å². The van der Waals surface area contributed by atoms with Crippen molar-refractivity contribution in [2.75, 3.05) is 13.1 Å². The van der Waals surface area contributed by atoms with Gasteiger partial charge in [-0.2, -0.15) is 0 Å². The Morgan fingerprint density at radius 2 is 1.68 bits per heavy atom. The number of halogens is 1. The monoisotopic (exact) mass is 315 g/mol. The molecular formula is C18H18ClNO2. The summed E-state index contributed by atoms with van der Waals surface area (Å²) in [6.07, 6.45) is 2.42. The Kier molecular flexibility index (Phi) is 4.76. The van der Waals surface area contributed by atoms with E-state index in [2.05, 4.69) is 5.32 Å². The van der Waals surface area contributed by atoms with Crippen LogP contribution in [0.2, 0.25) is 5.02 Å². The summed E-state index contributed by atoms with van der Waals surface area (Å²) in [4.78, 5) is 12.4. The van der Waals surface area contributed by atoms with Gasteiger partial charge in [-0.05, 0) is 67.9 Å². The molecule has 4 heteroatoms. The highest BCUT2D eigenvalue weighted by molar-refractivity contribution is 6.30. The lowest BCUT2D eigenvalue weighted by Crippen LogP contribution is -2.37. The molecule has 2 aromatic carbocycles. The van der Waals surface area contributed by atoms with Crippen LogP contribution in [0.25, 0.3) is 0 Å². The largest absolute Gasteiger partial charge is 0.489 e. The molecule has 0 radical (unpaired) electrons. The van der Waals surface area contributed by atoms with E-state index in [0.717, 1.165) is 31.7 Å². The average Bonchev–Trinajstić information content (AvgIpc) is 2.57. The van der Waals surface area contributed by atoms with Gasteiger partial charge >= 0.3 is 0 Å². The van der Waals surface area contributed by atoms with Crippen LogP contribution in [0.5, 0.6) is 5.75 Å². The van der Waals surface area contributed by atoms with Crippen molar-refractivity contribution in [3.63, 3.8) is 0 Å². The van der Waals surface area contributed by atoms with Gasteiger partial charge in [-0.1, -0.05) is 11.6 Å². The van der Waals surface area contributed by atoms with Gasteiger partial charge in [0.2, 0.25) is 0 Å². The van der Waals surface area contributed by atoms with Crippen LogP contribution in [0.3, 0.4) is 0 Å². The summed E-state index contributed by atoms with van der Waals surface area (Å²) in [5.74, 6) is 0.795. The summed E-state index contributed by atoms with van der Waals surface area (Å²) in [6.45, 7) is 1.94. The second-order valence-electron chi connectivity index (χ2n) is 5.45. The molecule has 1 saturated heterocycles. The second-order valence-corrected chi connectivity index (χ2v) is 5.88. The summed E-state index contributed by atoms with van der Waals surface area (Å²) in [6, 6.07) is 14.3. The van der Waals surface area contributed by atoms with Crippen molar-refractivity contribution in [2.24, 2.45) is 0 Å². The maximum Gasteiger partial charge on any atom is 0.193 e. The van der Waals surface area contributed by atoms with E-state index in [1.165, 1.54) is 0 Å². The Morgan fingerprint density at radius 1 is 1.05 bits per heavy atom. The highest BCUT2D eigenvalue weighted by atomic mass is 35.5. The topological polar surface area (TPSA) is 38.3 Å². The fraction of sp³-hybridized carbons (Fsp3) is 0.278. The first kappa shape index (κ1) is 15.1. The first-order chi connectivity index (χ1) is 10.7. The van der Waals surface area contributed by atoms with E-state index in [9.17, 15) is 4.79 Å². The normalized spacial score (nSPS) is 18.0. The van der Waals surface area contributed by atoms with Gasteiger partial charge < -0.3 is 10.1 Å². The lowest BCUT2D eigenvalue weighted by atomic mass is 10.0. The van der Waals surface area contributed by atoms with Crippen molar-refractivity contribution in [1.82, 2.24) is 5.32 Å². The number of rotatable bonds is 4. The van der Waals surface area contributed by atoms with E-state index < -0.39 is 0 Å². The number of ketones is 1. The van der Waals surface area contributed by atoms with Crippen LogP contribution in [0, 0.1) is 0 Å². The van der Waals surface area contributed by atoms with Crippen molar-refractivity contribution in [1.29, 1.82) is 0 Å². The Balaban J connectivity index is 1.68. The van der Waals surface area contributed by atoms with Crippen LogP contribution in [0.1, 0.15) is 28.8 Å². The Labute approximate surface area is 135 Å². The molecule has 1 fully saturated rings. The van der Waals surface area contributed by atoms with Gasteiger partial charge in [0.15, 0.2) is 5.78 Å². The highest BCUT2D eigenvalue weighted by Crippen LogP contribution is 2.19. The minimum atomic E-state index is -0.0115. The minimum Gasteiger partial charge on any atom is -0.489 e. The van der Waals surface area contributed by atoms with Crippen LogP contribution < -0.4 is 10.1 Å². The SMILES string of the molecule is O=C(c1ccc(Cl)cc1)c1ccc(O[C@H]2CCCNC2)cc1. The number of carbonyl (C=O) groups is 1. The third kappa shape index (κ3) is 3.67. The molecule has 0 aliphatic carbocycles. The Hall–Kier alpha value is -1.84. The molecule has 114 valence electrons. The summed E-state index contributed by atoms with van der Waals surface area (Å²) in [5.41, 5.74) is 1.28. The maximum atomic E-state index is 12.4. The van der Waals surface area contributed by atoms with E-state index in [0.29, 0.717) is 16.1 Å². The summed E-state index contributed by atoms with van der Waals surface area (Å²) >= 11 is 5.84. The third-order valence-corrected chi connectivity index (χ3v) is 4.03. The van der Waals surface area contributed by atoms with E-state index in [1.807, 2.05) is 24.3 Å². The maximum absolute atomic E-state index is 12.4. The smallest absolute Gasteiger partial charge is 0.193 e. The van der Waals surface area contributed by atoms with Gasteiger partial charge in [0.05, 0.1) is 0 Å². The second kappa shape index (κ2) is 6.95. The molecule has 0 bridgehead atoms. The third-order valence-electron chi connectivity index (χ3n) is 3.78. The molecular weight excluding hydrogens is 298 g/mol. The molecule has 0 aromatic heterocycles. The van der Waals surface area contributed by atoms with E-state index >= 15 is 0 Å². The fourth-order valence-electron chi connectivity index (χ4n) is 2.57. The minimum absolute atomic E-state index is 0.0115. The number of nitrogens with one attached hydrogen (secondary N) is 1. The number of carbonyl (C=O) groups excluding carboxylic acids is 1. The van der Waals surface area contributed by atoms with Crippen molar-refractivity contribution in [3.05, 3.63) is 64.7 Å². The molecule has 2 aromatic rings. The molecule has 3 rings (SSSR count). The number of piperidine rings is 1. The fourth-order valence-corrected chi connectivity index (χ4v) is 2.69. The van der Waals surface area contributed by atoms with Crippen molar-refractivity contribution in [2.45, 2.75) is 18.9 Å². The first-order valence-electron chi connectivity index (χ1n) is 7.50. The zero-order valence-corrected chi connectivity index (χ0v) is 13.0. The molecule has 3 nitrogen and oxygen atoms in total. The average molecular weight is 316 g/mol. The van der Waals surface area contributed by atoms with Gasteiger partial charge in [-0.25, -0.2) is 0 Å². The van der Waals surface area contributed by atoms with Crippen LogP contribution in [-0.2, 0) is 0 Å². The molecule has 1 heterocycles. The predicted molar refractivity (Wildman–Crippen MR) is 87.8 cm³/mol. The number of hydrogen-bond donors (Lipinski definition) is 1. The molecule has 1 N–H and O–H groups in total. The van der Waals surface area contributed by atoms with Crippen LogP contribution in [-0.4, -0.2) is 25.0 Å². The molecule has 0 saturated carbocycles. The van der Waals surface area contributed by atoms with Crippen molar-refractivity contribution < 1.29 is 9.53 Å². The van der Waals surface area contributed by atoms with E-state index in [1.54, 1.807) is 24.3 Å². The Bertz CT molecular complexity index is 631. The molecule has 1 aliphatic heterocycles. The van der Waals surface area contributed by atoms with Crippen LogP contribution >= 0.6 is 11.6 Å². The standard InChI is InChI=1S/C18H18ClNO2/c19-15-7-3-13(4-8-15)18(21)14-5-9-16(10-6-14)22-17-2-1-11-20-12-17/h3-10,17,20H,1-2,11-12H2/t17-/m0/s1. The predicted octanol–water partition coefficient (Wildman–Crippen LogP) is 3.70. The van der Waals surface area contributed by atoms with Crippen molar-refractivity contribution in [3.8, 4) is 5.75 Å². The molecule has 1 atom stereocenters. The first-order valence-corrected chi connectivity index (χ1v) is 7.88. The molecule has 1 aliphatic rings. The number of ether oxygens (including phenoxy) is 1.